The average molecular weight is 280 g/mol. The van der Waals surface area contributed by atoms with Crippen LogP contribution in [0, 0.1) is 0 Å². The summed E-state index contributed by atoms with van der Waals surface area (Å²) < 4.78 is 5.46. The first kappa shape index (κ1) is 12.0. The van der Waals surface area contributed by atoms with Gasteiger partial charge in [-0.15, -0.1) is 0 Å². The molecule has 1 unspecified atom stereocenters. The van der Waals surface area contributed by atoms with Gasteiger partial charge in [-0.1, -0.05) is 11.6 Å². The van der Waals surface area contributed by atoms with E-state index in [4.69, 9.17) is 16.0 Å². The molecule has 98 valence electrons. The molecule has 0 radical (unpaired) electrons. The molecule has 1 saturated heterocycles. The number of halogens is 1. The van der Waals surface area contributed by atoms with E-state index in [0.29, 0.717) is 29.0 Å². The Morgan fingerprint density at radius 3 is 3.05 bits per heavy atom. The smallest absolute Gasteiger partial charge is 0.296 e. The normalized spacial score (nSPS) is 19.5. The van der Waals surface area contributed by atoms with Gasteiger partial charge in [-0.05, 0) is 24.6 Å². The maximum atomic E-state index is 11.6. The zero-order valence-electron chi connectivity index (χ0n) is 9.77. The predicted octanol–water partition coefficient (Wildman–Crippen LogP) is 1.70. The van der Waals surface area contributed by atoms with Gasteiger partial charge in [0.25, 0.3) is 6.01 Å². The quantitative estimate of drug-likeness (QED) is 0.818. The maximum absolute atomic E-state index is 11.6. The molecule has 1 atom stereocenters. The van der Waals surface area contributed by atoms with Crippen molar-refractivity contribution in [1.82, 2.24) is 10.3 Å². The van der Waals surface area contributed by atoms with Gasteiger partial charge in [0.15, 0.2) is 5.58 Å². The second-order valence-corrected chi connectivity index (χ2v) is 4.72. The van der Waals surface area contributed by atoms with Crippen molar-refractivity contribution >= 4 is 40.5 Å². The topological polar surface area (TPSA) is 84.2 Å². The number of hydrogen-bond acceptors (Lipinski definition) is 5. The summed E-state index contributed by atoms with van der Waals surface area (Å²) >= 11 is 5.86. The Balaban J connectivity index is 1.81. The second-order valence-electron chi connectivity index (χ2n) is 4.28. The minimum absolute atomic E-state index is 0.242. The predicted molar refractivity (Wildman–Crippen MR) is 68.8 cm³/mol. The van der Waals surface area contributed by atoms with Crippen molar-refractivity contribution in [3.63, 3.8) is 0 Å². The number of carbonyl (C=O) groups is 2. The molecule has 6 nitrogen and oxygen atoms in total. The molecule has 0 spiro atoms. The molecule has 1 aliphatic heterocycles. The molecule has 2 heterocycles. The molecule has 1 aliphatic rings. The van der Waals surface area contributed by atoms with Crippen molar-refractivity contribution in [2.24, 2.45) is 0 Å². The van der Waals surface area contributed by atoms with Crippen molar-refractivity contribution in [2.75, 3.05) is 5.32 Å². The number of anilines is 1. The number of nitrogens with zero attached hydrogens (tertiary/aromatic N) is 1. The number of hydrogen-bond donors (Lipinski definition) is 2. The maximum Gasteiger partial charge on any atom is 0.296 e. The zero-order valence-corrected chi connectivity index (χ0v) is 10.5. The van der Waals surface area contributed by atoms with Crippen molar-refractivity contribution in [3.8, 4) is 0 Å². The molecular weight excluding hydrogens is 270 g/mol. The first-order valence-corrected chi connectivity index (χ1v) is 6.16. The number of benzene rings is 1. The standard InChI is InChI=1S/C12H10ClN3O3/c13-6-1-3-9-8(5-6)15-12(19-9)14-7-2-4-10(17)16-11(7)18/h1,3,5,7H,2,4H2,(H,14,15)(H,16,17,18). The number of amides is 2. The number of oxazole rings is 1. The molecule has 0 saturated carbocycles. The van der Waals surface area contributed by atoms with Gasteiger partial charge in [0.2, 0.25) is 11.8 Å². The molecule has 2 amide bonds. The molecule has 1 aromatic carbocycles. The summed E-state index contributed by atoms with van der Waals surface area (Å²) in [6.07, 6.45) is 0.722. The van der Waals surface area contributed by atoms with Crippen LogP contribution in [0.5, 0.6) is 0 Å². The first-order valence-electron chi connectivity index (χ1n) is 5.78. The molecule has 0 bridgehead atoms. The van der Waals surface area contributed by atoms with Gasteiger partial charge in [-0.3, -0.25) is 14.9 Å². The van der Waals surface area contributed by atoms with E-state index in [1.54, 1.807) is 18.2 Å². The van der Waals surface area contributed by atoms with E-state index in [-0.39, 0.29) is 17.8 Å². The van der Waals surface area contributed by atoms with Crippen LogP contribution in [0.2, 0.25) is 5.02 Å². The third kappa shape index (κ3) is 2.39. The van der Waals surface area contributed by atoms with E-state index in [1.165, 1.54) is 0 Å². The van der Waals surface area contributed by atoms with Gasteiger partial charge in [0.05, 0.1) is 0 Å². The minimum Gasteiger partial charge on any atom is -0.424 e. The summed E-state index contributed by atoms with van der Waals surface area (Å²) in [5.74, 6) is -0.621. The second kappa shape index (κ2) is 4.55. The van der Waals surface area contributed by atoms with E-state index < -0.39 is 6.04 Å². The van der Waals surface area contributed by atoms with Gasteiger partial charge < -0.3 is 9.73 Å². The Kier molecular flexibility index (Phi) is 2.87. The highest BCUT2D eigenvalue weighted by Gasteiger charge is 2.27. The van der Waals surface area contributed by atoms with Gasteiger partial charge in [0.1, 0.15) is 11.6 Å². The Morgan fingerprint density at radius 1 is 1.42 bits per heavy atom. The molecule has 2 N–H and O–H groups in total. The van der Waals surface area contributed by atoms with Crippen LogP contribution >= 0.6 is 11.6 Å². The fourth-order valence-corrected chi connectivity index (χ4v) is 2.11. The van der Waals surface area contributed by atoms with Gasteiger partial charge in [-0.25, -0.2) is 0 Å². The van der Waals surface area contributed by atoms with E-state index in [2.05, 4.69) is 15.6 Å². The van der Waals surface area contributed by atoms with Crippen LogP contribution in [-0.4, -0.2) is 22.8 Å². The monoisotopic (exact) mass is 279 g/mol. The number of fused-ring (bicyclic) bond motifs is 1. The van der Waals surface area contributed by atoms with Gasteiger partial charge >= 0.3 is 0 Å². The third-order valence-electron chi connectivity index (χ3n) is 2.89. The van der Waals surface area contributed by atoms with Crippen LogP contribution in [0.15, 0.2) is 22.6 Å². The van der Waals surface area contributed by atoms with Crippen LogP contribution in [0.3, 0.4) is 0 Å². The summed E-state index contributed by atoms with van der Waals surface area (Å²) in [7, 11) is 0. The highest BCUT2D eigenvalue weighted by atomic mass is 35.5. The Hall–Kier alpha value is -2.08. The lowest BCUT2D eigenvalue weighted by molar-refractivity contribution is -0.133. The molecule has 7 heteroatoms. The van der Waals surface area contributed by atoms with Crippen LogP contribution in [-0.2, 0) is 9.59 Å². The van der Waals surface area contributed by atoms with Crippen molar-refractivity contribution in [3.05, 3.63) is 23.2 Å². The summed E-state index contributed by atoms with van der Waals surface area (Å²) in [6.45, 7) is 0. The van der Waals surface area contributed by atoms with Gasteiger partial charge in [0, 0.05) is 11.4 Å². The average Bonchev–Trinajstić information content (AvgIpc) is 2.74. The summed E-state index contributed by atoms with van der Waals surface area (Å²) in [5.41, 5.74) is 1.20. The number of rotatable bonds is 2. The van der Waals surface area contributed by atoms with Crippen molar-refractivity contribution in [1.29, 1.82) is 0 Å². The summed E-state index contributed by atoms with van der Waals surface area (Å²) in [6, 6.07) is 4.81. The minimum atomic E-state index is -0.513. The van der Waals surface area contributed by atoms with Crippen LogP contribution < -0.4 is 10.6 Å². The van der Waals surface area contributed by atoms with Gasteiger partial charge in [-0.2, -0.15) is 4.98 Å². The summed E-state index contributed by atoms with van der Waals surface area (Å²) in [5, 5.41) is 5.70. The van der Waals surface area contributed by atoms with Crippen LogP contribution in [0.25, 0.3) is 11.1 Å². The number of carbonyl (C=O) groups excluding carboxylic acids is 2. The SMILES string of the molecule is O=C1CCC(Nc2nc3cc(Cl)ccc3o2)C(=O)N1. The molecule has 19 heavy (non-hydrogen) atoms. The molecule has 1 fully saturated rings. The Bertz CT molecular complexity index is 667. The molecule has 3 rings (SSSR count). The van der Waals surface area contributed by atoms with E-state index in [1.807, 2.05) is 0 Å². The van der Waals surface area contributed by atoms with Crippen LogP contribution in [0.4, 0.5) is 6.01 Å². The third-order valence-corrected chi connectivity index (χ3v) is 3.12. The Morgan fingerprint density at radius 2 is 2.26 bits per heavy atom. The molecule has 0 aliphatic carbocycles. The molecule has 2 aromatic rings. The van der Waals surface area contributed by atoms with E-state index >= 15 is 0 Å². The lowest BCUT2D eigenvalue weighted by Gasteiger charge is -2.20. The van der Waals surface area contributed by atoms with Crippen molar-refractivity contribution < 1.29 is 14.0 Å². The number of aromatic nitrogens is 1. The fourth-order valence-electron chi connectivity index (χ4n) is 1.94. The Labute approximate surface area is 113 Å². The largest absolute Gasteiger partial charge is 0.424 e. The molecular formula is C12H10ClN3O3. The zero-order chi connectivity index (χ0) is 13.4. The summed E-state index contributed by atoms with van der Waals surface area (Å²) in [4.78, 5) is 26.8. The lowest BCUT2D eigenvalue weighted by atomic mass is 10.1. The lowest BCUT2D eigenvalue weighted by Crippen LogP contribution is -2.47. The number of imide groups is 1. The van der Waals surface area contributed by atoms with Crippen molar-refractivity contribution in [2.45, 2.75) is 18.9 Å². The first-order chi connectivity index (χ1) is 9.11. The fraction of sp³-hybridized carbons (Fsp3) is 0.250. The van der Waals surface area contributed by atoms with E-state index in [9.17, 15) is 9.59 Å². The molecule has 1 aromatic heterocycles. The highest BCUT2D eigenvalue weighted by molar-refractivity contribution is 6.31. The van der Waals surface area contributed by atoms with Crippen LogP contribution in [0.1, 0.15) is 12.8 Å². The number of nitrogens with one attached hydrogen (secondary N) is 2. The van der Waals surface area contributed by atoms with E-state index in [0.717, 1.165) is 0 Å². The number of piperidine rings is 1. The highest BCUT2D eigenvalue weighted by Crippen LogP contribution is 2.23.